The molecule has 0 radical (unpaired) electrons. The lowest BCUT2D eigenvalue weighted by molar-refractivity contribution is 0.0901. The number of guanidine groups is 2. The van der Waals surface area contributed by atoms with Crippen LogP contribution in [0, 0.1) is 6.92 Å². The molecule has 1 heterocycles. The summed E-state index contributed by atoms with van der Waals surface area (Å²) in [6, 6.07) is 17.1. The SMILES string of the molecule is CN=C1NC(Nc2ccccc2)=NC(C)(NC(=O)c2cccc(C)c2)N1. The summed E-state index contributed by atoms with van der Waals surface area (Å²) in [5, 5.41) is 12.3. The van der Waals surface area contributed by atoms with Gasteiger partial charge in [0, 0.05) is 18.3 Å². The van der Waals surface area contributed by atoms with Crippen LogP contribution >= 0.6 is 0 Å². The van der Waals surface area contributed by atoms with Crippen molar-refractivity contribution in [1.82, 2.24) is 16.0 Å². The van der Waals surface area contributed by atoms with E-state index in [1.54, 1.807) is 20.0 Å². The smallest absolute Gasteiger partial charge is 0.254 e. The highest BCUT2D eigenvalue weighted by molar-refractivity contribution is 6.07. The second kappa shape index (κ2) is 7.26. The van der Waals surface area contributed by atoms with Crippen molar-refractivity contribution in [2.45, 2.75) is 19.6 Å². The summed E-state index contributed by atoms with van der Waals surface area (Å²) in [7, 11) is 1.66. The molecule has 2 aromatic carbocycles. The van der Waals surface area contributed by atoms with Gasteiger partial charge < -0.3 is 16.0 Å². The Hall–Kier alpha value is -3.35. The Morgan fingerprint density at radius 1 is 1.15 bits per heavy atom. The number of hydrogen-bond donors (Lipinski definition) is 4. The van der Waals surface area contributed by atoms with Crippen molar-refractivity contribution in [3.05, 3.63) is 65.7 Å². The van der Waals surface area contributed by atoms with Gasteiger partial charge in [-0.2, -0.15) is 0 Å². The highest BCUT2D eigenvalue weighted by atomic mass is 16.2. The number of benzene rings is 2. The van der Waals surface area contributed by atoms with Crippen LogP contribution in [-0.4, -0.2) is 30.7 Å². The van der Waals surface area contributed by atoms with Gasteiger partial charge in [0.25, 0.3) is 5.91 Å². The van der Waals surface area contributed by atoms with E-state index >= 15 is 0 Å². The predicted octanol–water partition coefficient (Wildman–Crippen LogP) is 2.05. The van der Waals surface area contributed by atoms with Crippen LogP contribution in [0.3, 0.4) is 0 Å². The van der Waals surface area contributed by atoms with Gasteiger partial charge in [0.2, 0.25) is 17.7 Å². The standard InChI is InChI=1S/C19H22N6O/c1-13-8-7-9-14(12-13)16(26)23-19(2)24-17(20-3)22-18(25-19)21-15-10-5-4-6-11-15/h4-12H,1-3H3,(H,23,26)(H3,20,21,22,24,25). The Morgan fingerprint density at radius 3 is 2.62 bits per heavy atom. The van der Waals surface area contributed by atoms with E-state index in [0.29, 0.717) is 17.5 Å². The van der Waals surface area contributed by atoms with Crippen molar-refractivity contribution in [2.75, 3.05) is 12.4 Å². The second-order valence-electron chi connectivity index (χ2n) is 6.17. The van der Waals surface area contributed by atoms with Crippen LogP contribution in [0.2, 0.25) is 0 Å². The largest absolute Gasteiger partial charge is 0.326 e. The van der Waals surface area contributed by atoms with Crippen molar-refractivity contribution in [1.29, 1.82) is 0 Å². The van der Waals surface area contributed by atoms with Crippen molar-refractivity contribution < 1.29 is 4.79 Å². The second-order valence-corrected chi connectivity index (χ2v) is 6.17. The third-order valence-corrected chi connectivity index (χ3v) is 3.83. The Bertz CT molecular complexity index is 861. The van der Waals surface area contributed by atoms with E-state index in [1.165, 1.54) is 0 Å². The van der Waals surface area contributed by atoms with Gasteiger partial charge in [-0.15, -0.1) is 0 Å². The predicted molar refractivity (Wildman–Crippen MR) is 104 cm³/mol. The van der Waals surface area contributed by atoms with E-state index in [0.717, 1.165) is 11.3 Å². The lowest BCUT2D eigenvalue weighted by atomic mass is 10.1. The van der Waals surface area contributed by atoms with Gasteiger partial charge in [0.15, 0.2) is 0 Å². The molecule has 1 amide bonds. The molecule has 1 atom stereocenters. The molecule has 1 aliphatic heterocycles. The third kappa shape index (κ3) is 4.18. The lowest BCUT2D eigenvalue weighted by Crippen LogP contribution is -2.65. The fourth-order valence-corrected chi connectivity index (χ4v) is 2.62. The molecule has 0 saturated heterocycles. The van der Waals surface area contributed by atoms with E-state index < -0.39 is 5.79 Å². The molecule has 7 heteroatoms. The topological polar surface area (TPSA) is 89.9 Å². The van der Waals surface area contributed by atoms with Crippen LogP contribution in [0.15, 0.2) is 64.6 Å². The number of nitrogens with zero attached hydrogens (tertiary/aromatic N) is 2. The van der Waals surface area contributed by atoms with Gasteiger partial charge in [-0.3, -0.25) is 15.1 Å². The average molecular weight is 350 g/mol. The molecule has 1 aliphatic rings. The number of anilines is 1. The molecule has 1 unspecified atom stereocenters. The Kier molecular flexibility index (Phi) is 4.88. The van der Waals surface area contributed by atoms with E-state index in [-0.39, 0.29) is 5.91 Å². The number of nitrogens with one attached hydrogen (secondary N) is 4. The number of aryl methyl sites for hydroxylation is 1. The van der Waals surface area contributed by atoms with E-state index in [4.69, 9.17) is 0 Å². The maximum atomic E-state index is 12.6. The molecule has 26 heavy (non-hydrogen) atoms. The summed E-state index contributed by atoms with van der Waals surface area (Å²) in [6.07, 6.45) is 0. The molecule has 0 saturated carbocycles. The van der Waals surface area contributed by atoms with E-state index in [1.807, 2.05) is 55.5 Å². The molecule has 0 spiro atoms. The molecule has 2 aromatic rings. The summed E-state index contributed by atoms with van der Waals surface area (Å²) >= 11 is 0. The van der Waals surface area contributed by atoms with Crippen LogP contribution in [0.1, 0.15) is 22.8 Å². The molecule has 0 bridgehead atoms. The monoisotopic (exact) mass is 350 g/mol. The molecular weight excluding hydrogens is 328 g/mol. The minimum absolute atomic E-state index is 0.219. The quantitative estimate of drug-likeness (QED) is 0.682. The average Bonchev–Trinajstić information content (AvgIpc) is 2.61. The first-order valence-corrected chi connectivity index (χ1v) is 8.30. The summed E-state index contributed by atoms with van der Waals surface area (Å²) in [5.41, 5.74) is 2.48. The third-order valence-electron chi connectivity index (χ3n) is 3.83. The Labute approximate surface area is 152 Å². The minimum atomic E-state index is -1.04. The highest BCUT2D eigenvalue weighted by Crippen LogP contribution is 2.12. The number of aliphatic imine (C=N–C) groups is 2. The number of carbonyl (C=O) groups excluding carboxylic acids is 1. The van der Waals surface area contributed by atoms with Crippen LogP contribution in [0.4, 0.5) is 5.69 Å². The number of carbonyl (C=O) groups is 1. The molecule has 3 rings (SSSR count). The summed E-state index contributed by atoms with van der Waals surface area (Å²) < 4.78 is 0. The summed E-state index contributed by atoms with van der Waals surface area (Å²) in [5.74, 6) is -0.269. The minimum Gasteiger partial charge on any atom is -0.326 e. The zero-order chi connectivity index (χ0) is 18.6. The number of amides is 1. The summed E-state index contributed by atoms with van der Waals surface area (Å²) in [6.45, 7) is 3.72. The zero-order valence-electron chi connectivity index (χ0n) is 15.0. The Balaban J connectivity index is 1.83. The number of hydrogen-bond acceptors (Lipinski definition) is 4. The van der Waals surface area contributed by atoms with Gasteiger partial charge >= 0.3 is 0 Å². The van der Waals surface area contributed by atoms with Gasteiger partial charge in [-0.1, -0.05) is 35.9 Å². The fourth-order valence-electron chi connectivity index (χ4n) is 2.62. The van der Waals surface area contributed by atoms with Gasteiger partial charge in [-0.25, -0.2) is 4.99 Å². The maximum absolute atomic E-state index is 12.6. The zero-order valence-corrected chi connectivity index (χ0v) is 15.0. The highest BCUT2D eigenvalue weighted by Gasteiger charge is 2.32. The number of rotatable bonds is 3. The Morgan fingerprint density at radius 2 is 1.92 bits per heavy atom. The van der Waals surface area contributed by atoms with Crippen molar-refractivity contribution >= 4 is 23.5 Å². The van der Waals surface area contributed by atoms with Gasteiger partial charge in [0.05, 0.1) is 0 Å². The molecular formula is C19H22N6O. The van der Waals surface area contributed by atoms with Crippen LogP contribution in [0.5, 0.6) is 0 Å². The fraction of sp³-hybridized carbons (Fsp3) is 0.211. The van der Waals surface area contributed by atoms with E-state index in [2.05, 4.69) is 31.3 Å². The molecule has 7 nitrogen and oxygen atoms in total. The van der Waals surface area contributed by atoms with Crippen molar-refractivity contribution in [2.24, 2.45) is 9.98 Å². The van der Waals surface area contributed by atoms with Crippen molar-refractivity contribution in [3.63, 3.8) is 0 Å². The van der Waals surface area contributed by atoms with Crippen LogP contribution < -0.4 is 21.3 Å². The molecule has 4 N–H and O–H groups in total. The first kappa shape index (κ1) is 17.5. The first-order valence-electron chi connectivity index (χ1n) is 8.30. The first-order chi connectivity index (χ1) is 12.5. The van der Waals surface area contributed by atoms with E-state index in [9.17, 15) is 4.79 Å². The van der Waals surface area contributed by atoms with Crippen molar-refractivity contribution in [3.8, 4) is 0 Å². The normalized spacial score (nSPS) is 20.6. The van der Waals surface area contributed by atoms with Gasteiger partial charge in [0.1, 0.15) is 0 Å². The summed E-state index contributed by atoms with van der Waals surface area (Å²) in [4.78, 5) is 21.3. The lowest BCUT2D eigenvalue weighted by Gasteiger charge is -2.34. The number of para-hydroxylation sites is 1. The van der Waals surface area contributed by atoms with Crippen LogP contribution in [0.25, 0.3) is 0 Å². The maximum Gasteiger partial charge on any atom is 0.254 e. The molecule has 0 aromatic heterocycles. The molecule has 0 fully saturated rings. The molecule has 0 aliphatic carbocycles. The van der Waals surface area contributed by atoms with Gasteiger partial charge in [-0.05, 0) is 38.1 Å². The van der Waals surface area contributed by atoms with Crippen LogP contribution in [-0.2, 0) is 0 Å². The molecule has 134 valence electrons.